The Hall–Kier alpha value is -3.32. The van der Waals surface area contributed by atoms with Gasteiger partial charge in [0.15, 0.2) is 12.4 Å². The lowest BCUT2D eigenvalue weighted by Crippen LogP contribution is -2.08. The third kappa shape index (κ3) is 5.93. The van der Waals surface area contributed by atoms with Gasteiger partial charge in [0, 0.05) is 23.5 Å². The Balaban J connectivity index is 1.31. The molecule has 0 spiro atoms. The van der Waals surface area contributed by atoms with Crippen molar-refractivity contribution in [1.29, 1.82) is 0 Å². The summed E-state index contributed by atoms with van der Waals surface area (Å²) in [6, 6.07) is 20.1. The van der Waals surface area contributed by atoms with Crippen LogP contribution >= 0.6 is 11.8 Å². The molecule has 0 saturated carbocycles. The number of carbonyl (C=O) groups is 1. The van der Waals surface area contributed by atoms with Crippen LogP contribution in [0.1, 0.15) is 38.8 Å². The van der Waals surface area contributed by atoms with Gasteiger partial charge in [0.2, 0.25) is 0 Å². The van der Waals surface area contributed by atoms with E-state index in [9.17, 15) is 4.79 Å². The fourth-order valence-electron chi connectivity index (χ4n) is 3.72. The number of thioether (sulfide) groups is 1. The van der Waals surface area contributed by atoms with E-state index in [0.717, 1.165) is 41.2 Å². The van der Waals surface area contributed by atoms with Gasteiger partial charge < -0.3 is 13.7 Å². The summed E-state index contributed by atoms with van der Waals surface area (Å²) in [7, 11) is 0. The maximum absolute atomic E-state index is 12.9. The lowest BCUT2D eigenvalue weighted by Gasteiger charge is -2.10. The molecule has 0 amide bonds. The molecule has 0 radical (unpaired) electrons. The molecule has 0 fully saturated rings. The van der Waals surface area contributed by atoms with Gasteiger partial charge in [-0.1, -0.05) is 54.2 Å². The topological polar surface area (TPSA) is 70.2 Å². The number of aryl methyl sites for hydroxylation is 3. The van der Waals surface area contributed by atoms with Gasteiger partial charge in [0.05, 0.1) is 5.75 Å². The van der Waals surface area contributed by atoms with Gasteiger partial charge in [-0.2, -0.15) is 0 Å². The highest BCUT2D eigenvalue weighted by Gasteiger charge is 2.17. The number of ether oxygens (including phenoxy) is 1. The van der Waals surface area contributed by atoms with Crippen LogP contribution in [-0.4, -0.2) is 26.3 Å². The summed E-state index contributed by atoms with van der Waals surface area (Å²) in [6.45, 7) is 7.08. The highest BCUT2D eigenvalue weighted by Crippen LogP contribution is 2.22. The monoisotopic (exact) mass is 461 g/mol. The number of benzene rings is 2. The normalized spacial score (nSPS) is 11.0. The summed E-state index contributed by atoms with van der Waals surface area (Å²) in [4.78, 5) is 12.9. The predicted octanol–water partition coefficient (Wildman–Crippen LogP) is 5.59. The Morgan fingerprint density at radius 1 is 1.03 bits per heavy atom. The summed E-state index contributed by atoms with van der Waals surface area (Å²) < 4.78 is 13.5. The molecular weight excluding hydrogens is 434 g/mol. The van der Waals surface area contributed by atoms with Crippen LogP contribution in [0, 0.1) is 20.8 Å². The highest BCUT2D eigenvalue weighted by molar-refractivity contribution is 7.99. The van der Waals surface area contributed by atoms with Crippen molar-refractivity contribution in [3.05, 3.63) is 94.6 Å². The van der Waals surface area contributed by atoms with Crippen molar-refractivity contribution < 1.29 is 13.9 Å². The smallest absolute Gasteiger partial charge is 0.277 e. The number of Topliss-reactive ketones (excluding diaryl/α,β-unsaturated/α-hetero) is 1. The largest absolute Gasteiger partial charge is 0.484 e. The van der Waals surface area contributed by atoms with E-state index in [-0.39, 0.29) is 18.1 Å². The maximum Gasteiger partial charge on any atom is 0.277 e. The third-order valence-electron chi connectivity index (χ3n) is 5.47. The van der Waals surface area contributed by atoms with Crippen LogP contribution in [0.15, 0.2) is 70.3 Å². The summed E-state index contributed by atoms with van der Waals surface area (Å²) in [5, 5.41) is 8.41. The number of rotatable bonds is 10. The number of carbonyl (C=O) groups excluding carboxylic acids is 1. The molecule has 0 N–H and O–H groups in total. The van der Waals surface area contributed by atoms with Gasteiger partial charge in [-0.3, -0.25) is 4.79 Å². The van der Waals surface area contributed by atoms with Crippen molar-refractivity contribution >= 4 is 17.5 Å². The van der Waals surface area contributed by atoms with Gasteiger partial charge in [0.25, 0.3) is 11.1 Å². The first-order valence-corrected chi connectivity index (χ1v) is 11.9. The number of aromatic nitrogens is 3. The fourth-order valence-corrected chi connectivity index (χ4v) is 4.39. The lowest BCUT2D eigenvalue weighted by molar-refractivity contribution is 0.102. The molecular formula is C26H27N3O3S. The van der Waals surface area contributed by atoms with Crippen LogP contribution in [-0.2, 0) is 19.6 Å². The molecule has 0 aliphatic heterocycles. The molecule has 0 unspecified atom stereocenters. The molecule has 0 aliphatic carbocycles. The van der Waals surface area contributed by atoms with E-state index in [1.54, 1.807) is 0 Å². The minimum Gasteiger partial charge on any atom is -0.484 e. The van der Waals surface area contributed by atoms with Crippen LogP contribution in [0.3, 0.4) is 0 Å². The average molecular weight is 462 g/mol. The molecule has 2 aromatic heterocycles. The molecule has 6 nitrogen and oxygen atoms in total. The Kier molecular flexibility index (Phi) is 7.29. The number of ketones is 1. The van der Waals surface area contributed by atoms with Crippen molar-refractivity contribution in [3.63, 3.8) is 0 Å². The molecule has 4 aromatic rings. The molecule has 0 bridgehead atoms. The first-order chi connectivity index (χ1) is 16.0. The second kappa shape index (κ2) is 10.5. The quantitative estimate of drug-likeness (QED) is 0.226. The zero-order chi connectivity index (χ0) is 23.2. The molecule has 0 saturated heterocycles. The molecule has 4 rings (SSSR count). The molecule has 0 aliphatic rings. The number of hydrogen-bond donors (Lipinski definition) is 0. The Morgan fingerprint density at radius 2 is 1.85 bits per heavy atom. The van der Waals surface area contributed by atoms with Gasteiger partial charge in [0.1, 0.15) is 5.75 Å². The van der Waals surface area contributed by atoms with E-state index in [1.165, 1.54) is 17.3 Å². The first-order valence-electron chi connectivity index (χ1n) is 10.9. The molecule has 0 atom stereocenters. The Bertz CT molecular complexity index is 1230. The van der Waals surface area contributed by atoms with E-state index in [4.69, 9.17) is 9.15 Å². The lowest BCUT2D eigenvalue weighted by atomic mass is 10.1. The van der Waals surface area contributed by atoms with E-state index in [2.05, 4.69) is 39.0 Å². The van der Waals surface area contributed by atoms with Crippen LogP contribution < -0.4 is 4.74 Å². The van der Waals surface area contributed by atoms with Crippen LogP contribution in [0.5, 0.6) is 5.75 Å². The molecule has 33 heavy (non-hydrogen) atoms. The number of hydrogen-bond acceptors (Lipinski definition) is 6. The minimum atomic E-state index is 0.0508. The van der Waals surface area contributed by atoms with Crippen molar-refractivity contribution in [2.75, 3.05) is 5.75 Å². The third-order valence-corrected chi connectivity index (χ3v) is 6.29. The van der Waals surface area contributed by atoms with Crippen LogP contribution in [0.2, 0.25) is 0 Å². The standard InChI is InChI=1S/C26H27N3O3S/c1-18-8-7-11-22(14-18)31-16-25-27-28-26(32-25)33-17-24(30)23-15-19(2)29(20(23)3)13-12-21-9-5-4-6-10-21/h4-11,14-15H,12-13,16-17H2,1-3H3. The second-order valence-electron chi connectivity index (χ2n) is 7.95. The summed E-state index contributed by atoms with van der Waals surface area (Å²) in [5.41, 5.74) is 5.23. The number of nitrogens with zero attached hydrogens (tertiary/aromatic N) is 3. The zero-order valence-electron chi connectivity index (χ0n) is 19.1. The summed E-state index contributed by atoms with van der Waals surface area (Å²) >= 11 is 1.25. The van der Waals surface area contributed by atoms with Gasteiger partial charge >= 0.3 is 0 Å². The van der Waals surface area contributed by atoms with E-state index in [0.29, 0.717) is 11.1 Å². The molecule has 2 heterocycles. The van der Waals surface area contributed by atoms with Crippen molar-refractivity contribution in [1.82, 2.24) is 14.8 Å². The minimum absolute atomic E-state index is 0.0508. The van der Waals surface area contributed by atoms with E-state index in [1.807, 2.05) is 57.2 Å². The zero-order valence-corrected chi connectivity index (χ0v) is 19.9. The maximum atomic E-state index is 12.9. The predicted molar refractivity (Wildman–Crippen MR) is 129 cm³/mol. The van der Waals surface area contributed by atoms with Crippen molar-refractivity contribution in [2.24, 2.45) is 0 Å². The van der Waals surface area contributed by atoms with Crippen LogP contribution in [0.4, 0.5) is 0 Å². The van der Waals surface area contributed by atoms with Crippen molar-refractivity contribution in [3.8, 4) is 5.75 Å². The Morgan fingerprint density at radius 3 is 2.64 bits per heavy atom. The summed E-state index contributed by atoms with van der Waals surface area (Å²) in [6.07, 6.45) is 0.926. The van der Waals surface area contributed by atoms with E-state index >= 15 is 0 Å². The molecule has 170 valence electrons. The fraction of sp³-hybridized carbons (Fsp3) is 0.269. The van der Waals surface area contributed by atoms with Crippen molar-refractivity contribution in [2.45, 2.75) is 45.6 Å². The SMILES string of the molecule is Cc1cccc(OCc2nnc(SCC(=O)c3cc(C)n(CCc4ccccc4)c3C)o2)c1. The van der Waals surface area contributed by atoms with Gasteiger partial charge in [-0.05, 0) is 56.5 Å². The average Bonchev–Trinajstić information content (AvgIpc) is 3.39. The highest BCUT2D eigenvalue weighted by atomic mass is 32.2. The molecule has 7 heteroatoms. The molecule has 2 aromatic carbocycles. The summed E-state index contributed by atoms with van der Waals surface area (Å²) in [5.74, 6) is 1.42. The first kappa shape index (κ1) is 22.9. The van der Waals surface area contributed by atoms with E-state index < -0.39 is 0 Å². The Labute approximate surface area is 198 Å². The second-order valence-corrected chi connectivity index (χ2v) is 8.88. The van der Waals surface area contributed by atoms with Gasteiger partial charge in [-0.25, -0.2) is 0 Å². The van der Waals surface area contributed by atoms with Crippen LogP contribution in [0.25, 0.3) is 0 Å². The van der Waals surface area contributed by atoms with Gasteiger partial charge in [-0.15, -0.1) is 10.2 Å².